The van der Waals surface area contributed by atoms with Gasteiger partial charge in [0.1, 0.15) is 17.2 Å². The molecule has 39 heteroatoms. The summed E-state index contributed by atoms with van der Waals surface area (Å²) >= 11 is 0. The number of aromatic nitrogens is 3. The summed E-state index contributed by atoms with van der Waals surface area (Å²) < 4.78 is 148. The number of hydrogen-bond acceptors (Lipinski definition) is 25. The van der Waals surface area contributed by atoms with Gasteiger partial charge in [-0.2, -0.15) is 0 Å². The van der Waals surface area contributed by atoms with E-state index in [1.165, 1.54) is 84.9 Å². The molecule has 3 aromatic heterocycles. The number of ether oxygens (including phenoxy) is 5. The van der Waals surface area contributed by atoms with Crippen LogP contribution < -0.4 is 57.8 Å². The van der Waals surface area contributed by atoms with Crippen LogP contribution in [0.4, 0.5) is 74.0 Å². The number of anilines is 6. The zero-order valence-electron chi connectivity index (χ0n) is 64.2. The summed E-state index contributed by atoms with van der Waals surface area (Å²) in [6.07, 6.45) is -18.7. The highest BCUT2D eigenvalue weighted by Crippen LogP contribution is 2.39. The molecule has 0 bridgehead atoms. The number of aliphatic hydroxyl groups excluding tert-OH is 1. The number of aliphatic hydroxyl groups is 1. The highest BCUT2D eigenvalue weighted by molar-refractivity contribution is 6.36. The molecule has 5 heterocycles. The van der Waals surface area contributed by atoms with E-state index in [0.29, 0.717) is 94.3 Å². The number of hydrazine groups is 1. The summed E-state index contributed by atoms with van der Waals surface area (Å²) in [7, 11) is 0. The van der Waals surface area contributed by atoms with Gasteiger partial charge in [-0.25, -0.2) is 14.6 Å². The summed E-state index contributed by atoms with van der Waals surface area (Å²) in [6, 6.07) is 61.8. The zero-order valence-corrected chi connectivity index (χ0v) is 64.2. The minimum absolute atomic E-state index is 0.00156. The fourth-order valence-electron chi connectivity index (χ4n) is 12.7. The molecule has 638 valence electrons. The van der Waals surface area contributed by atoms with Gasteiger partial charge in [0.15, 0.2) is 40.3 Å². The maximum Gasteiger partial charge on any atom is 0.573 e. The van der Waals surface area contributed by atoms with Crippen LogP contribution in [0.1, 0.15) is 90.3 Å². The van der Waals surface area contributed by atoms with Crippen molar-refractivity contribution in [3.63, 3.8) is 0 Å². The number of rotatable bonds is 18. The van der Waals surface area contributed by atoms with Crippen molar-refractivity contribution in [3.8, 4) is 50.6 Å². The van der Waals surface area contributed by atoms with Crippen molar-refractivity contribution in [2.24, 2.45) is 11.7 Å². The van der Waals surface area contributed by atoms with Crippen molar-refractivity contribution < 1.29 is 130 Å². The number of amides is 6. The van der Waals surface area contributed by atoms with Crippen LogP contribution in [-0.4, -0.2) is 98.1 Å². The lowest BCUT2D eigenvalue weighted by Gasteiger charge is -2.18. The number of fused-ring (bicyclic) bond motifs is 5. The smallest absolute Gasteiger partial charge is 0.478 e. The second-order valence-corrected chi connectivity index (χ2v) is 26.5. The van der Waals surface area contributed by atoms with E-state index in [-0.39, 0.29) is 62.7 Å². The van der Waals surface area contributed by atoms with Crippen LogP contribution in [-0.2, 0) is 33.4 Å². The third kappa shape index (κ3) is 21.1. The minimum Gasteiger partial charge on any atom is -0.478 e. The SMILES string of the molecule is CC(=O)OC(C(=O)Nc1ccc2c(N3C(=O)c4ccccc4C3=O)noc2c1)c1cccc(-c2ccc(OC(F)(F)F)cc2)c1.CC(=O)OC(C(=O)O)c1cccc(-c2ccc(OC(F)(F)F)cc2)c1.NN.Nc1ccc2c(N3C(=O)c4ccccc4C3=O)noc2c1.Nc1noc2cc(NC(=O)C(O)c3cccc(-c4ccc(OC(F)(F)F)cc4)c3)ccc12. The monoisotopic (exact) mass is 1720 g/mol. The number of halogens is 9. The van der Waals surface area contributed by atoms with Crippen LogP contribution in [0.3, 0.4) is 0 Å². The van der Waals surface area contributed by atoms with Gasteiger partial charge in [-0.3, -0.25) is 50.0 Å². The fraction of sp³-hybridized carbons (Fsp3) is 0.0930. The van der Waals surface area contributed by atoms with Gasteiger partial charge < -0.3 is 69.6 Å². The summed E-state index contributed by atoms with van der Waals surface area (Å²) in [5.74, 6) is 1.24. The summed E-state index contributed by atoms with van der Waals surface area (Å²) in [5.41, 5.74) is 18.9. The normalized spacial score (nSPS) is 12.9. The Labute approximate surface area is 696 Å². The number of carbonyl (C=O) groups excluding carboxylic acids is 8. The molecule has 14 aromatic rings. The van der Waals surface area contributed by atoms with Gasteiger partial charge in [0, 0.05) is 60.2 Å². The molecular weight excluding hydrogens is 1660 g/mol. The van der Waals surface area contributed by atoms with Crippen molar-refractivity contribution in [1.82, 2.24) is 15.5 Å². The van der Waals surface area contributed by atoms with Crippen LogP contribution in [0.25, 0.3) is 66.3 Å². The van der Waals surface area contributed by atoms with Crippen molar-refractivity contribution >= 4 is 121 Å². The van der Waals surface area contributed by atoms with Crippen LogP contribution in [0, 0.1) is 0 Å². The van der Waals surface area contributed by atoms with E-state index in [4.69, 9.17) is 34.5 Å². The summed E-state index contributed by atoms with van der Waals surface area (Å²) in [6.45, 7) is 2.24. The number of carbonyl (C=O) groups is 9. The number of alkyl halides is 9. The van der Waals surface area contributed by atoms with Gasteiger partial charge >= 0.3 is 37.0 Å². The predicted octanol–water partition coefficient (Wildman–Crippen LogP) is 16.1. The first-order valence-electron chi connectivity index (χ1n) is 36.2. The number of aliphatic carboxylic acids is 1. The number of carboxylic acid groups (broad SMARTS) is 1. The number of nitrogens with one attached hydrogen (secondary N) is 2. The number of nitrogens with zero attached hydrogens (tertiary/aromatic N) is 5. The molecule has 6 amide bonds. The first-order valence-corrected chi connectivity index (χ1v) is 36.2. The third-order valence-corrected chi connectivity index (χ3v) is 18.1. The molecule has 0 aliphatic carbocycles. The van der Waals surface area contributed by atoms with E-state index in [9.17, 15) is 92.9 Å². The average Bonchev–Trinajstić information content (AvgIpc) is 1.60. The van der Waals surface area contributed by atoms with Crippen molar-refractivity contribution in [2.45, 2.75) is 51.2 Å². The molecule has 3 atom stereocenters. The molecule has 3 unspecified atom stereocenters. The van der Waals surface area contributed by atoms with E-state index in [0.717, 1.165) is 47.9 Å². The van der Waals surface area contributed by atoms with Gasteiger partial charge in [0.2, 0.25) is 12.2 Å². The standard InChI is InChI=1S/C32H20F3N3O7.C22H16F3N3O4.C17H13F3O5.C15H9N3O3.H4N2/c1-17(39)43-27(20-6-4-5-19(15-20)18-9-12-22(13-10-18)44-32(33,34)35)29(40)36-21-11-14-25-26(16-21)45-37-28(25)38-30(41)23-7-2-3-8-24(23)31(38)42;23-22(24,25)31-16-7-4-12(5-8-16)13-2-1-3-14(10-13)19(29)21(30)27-15-6-9-17-18(11-15)32-28-20(17)26;1-10(21)24-15(16(22)23)13-4-2-3-12(9-13)11-5-7-14(8-6-11)25-17(18,19)20;16-8-5-6-11-12(7-8)21-17-13(11)18-14(19)9-3-1-2-4-10(9)15(18)20;1-2/h2-16,27H,1H3,(H,36,40);1-11,19,29H,(H2,26,28)(H,27,30);2-9,15H,1H3,(H,22,23);1-7H,16H2;1-2H2. The molecule has 0 saturated heterocycles. The first-order chi connectivity index (χ1) is 59.5. The number of imide groups is 2. The van der Waals surface area contributed by atoms with Crippen molar-refractivity contribution in [3.05, 3.63) is 288 Å². The fourth-order valence-corrected chi connectivity index (χ4v) is 12.7. The van der Waals surface area contributed by atoms with E-state index in [1.54, 1.807) is 140 Å². The van der Waals surface area contributed by atoms with Crippen LogP contribution in [0.15, 0.2) is 262 Å². The quantitative estimate of drug-likeness (QED) is 0.00987. The van der Waals surface area contributed by atoms with Crippen LogP contribution in [0.5, 0.6) is 17.2 Å². The molecule has 0 spiro atoms. The summed E-state index contributed by atoms with van der Waals surface area (Å²) in [4.78, 5) is 113. The Morgan fingerprint density at radius 2 is 0.728 bits per heavy atom. The first kappa shape index (κ1) is 88.0. The topological polar surface area (TPSA) is 453 Å². The molecule has 16 rings (SSSR count). The number of benzene rings is 11. The van der Waals surface area contributed by atoms with Gasteiger partial charge in [-0.1, -0.05) is 131 Å². The Kier molecular flexibility index (Phi) is 26.2. The zero-order chi connectivity index (χ0) is 89.9. The van der Waals surface area contributed by atoms with Crippen LogP contribution >= 0.6 is 0 Å². The molecular formula is C86H62F9N11O19. The maximum absolute atomic E-state index is 13.4. The van der Waals surface area contributed by atoms with Crippen molar-refractivity contribution in [1.29, 1.82) is 0 Å². The molecule has 2 aliphatic rings. The second-order valence-electron chi connectivity index (χ2n) is 26.5. The minimum atomic E-state index is -4.83. The molecule has 11 aromatic carbocycles. The van der Waals surface area contributed by atoms with Gasteiger partial charge in [-0.05, 0) is 154 Å². The van der Waals surface area contributed by atoms with E-state index >= 15 is 0 Å². The second kappa shape index (κ2) is 37.1. The molecule has 0 fully saturated rings. The van der Waals surface area contributed by atoms with E-state index in [1.807, 2.05) is 0 Å². The predicted molar refractivity (Wildman–Crippen MR) is 429 cm³/mol. The summed E-state index contributed by atoms with van der Waals surface area (Å²) in [5, 5.41) is 37.9. The van der Waals surface area contributed by atoms with Gasteiger partial charge in [0.05, 0.1) is 38.4 Å². The number of nitrogens with two attached hydrogens (primary N) is 4. The number of esters is 2. The average molecular weight is 1720 g/mol. The molecule has 125 heavy (non-hydrogen) atoms. The molecule has 30 nitrogen and oxygen atoms in total. The molecule has 0 radical (unpaired) electrons. The lowest BCUT2D eigenvalue weighted by atomic mass is 10.00. The molecule has 0 saturated carbocycles. The molecule has 12 N–H and O–H groups in total. The Morgan fingerprint density at radius 1 is 0.392 bits per heavy atom. The Morgan fingerprint density at radius 3 is 1.12 bits per heavy atom. The number of nitrogen functional groups attached to an aromatic ring is 2. The third-order valence-electron chi connectivity index (χ3n) is 18.1. The van der Waals surface area contributed by atoms with Crippen molar-refractivity contribution in [2.75, 3.05) is 31.9 Å². The van der Waals surface area contributed by atoms with Gasteiger partial charge in [0.25, 0.3) is 35.4 Å². The largest absolute Gasteiger partial charge is 0.573 e. The number of hydrogen-bond donors (Lipinski definition) is 8. The lowest BCUT2D eigenvalue weighted by Crippen LogP contribution is -2.29. The van der Waals surface area contributed by atoms with E-state index < -0.39 is 90.7 Å². The highest BCUT2D eigenvalue weighted by atomic mass is 19.4. The van der Waals surface area contributed by atoms with Crippen LogP contribution in [0.2, 0.25) is 0 Å². The Bertz CT molecular complexity index is 6370. The van der Waals surface area contributed by atoms with E-state index in [2.05, 4.69) is 52.0 Å². The maximum atomic E-state index is 13.4. The Hall–Kier alpha value is -16.3. The molecule has 2 aliphatic heterocycles. The highest BCUT2D eigenvalue weighted by Gasteiger charge is 2.42. The van der Waals surface area contributed by atoms with Gasteiger partial charge in [-0.15, -0.1) is 39.5 Å². The lowest BCUT2D eigenvalue weighted by molar-refractivity contribution is -0.275. The number of carboxylic acids is 1. The Balaban J connectivity index is 0.000000157.